The van der Waals surface area contributed by atoms with E-state index >= 15 is 0 Å². The highest BCUT2D eigenvalue weighted by Crippen LogP contribution is 2.20. The van der Waals surface area contributed by atoms with Crippen LogP contribution in [0.4, 0.5) is 0 Å². The highest BCUT2D eigenvalue weighted by atomic mass is 32.2. The Morgan fingerprint density at radius 3 is 2.29 bits per heavy atom. The van der Waals surface area contributed by atoms with Crippen LogP contribution in [0.25, 0.3) is 11.0 Å². The maximum absolute atomic E-state index is 13.0. The number of benzene rings is 3. The van der Waals surface area contributed by atoms with Crippen molar-refractivity contribution < 1.29 is 13.2 Å². The van der Waals surface area contributed by atoms with Gasteiger partial charge in [0.05, 0.1) is 22.8 Å². The maximum atomic E-state index is 13.0. The Labute approximate surface area is 181 Å². The van der Waals surface area contributed by atoms with Crippen molar-refractivity contribution in [3.63, 3.8) is 0 Å². The van der Waals surface area contributed by atoms with Crippen molar-refractivity contribution in [3.05, 3.63) is 101 Å². The third-order valence-electron chi connectivity index (χ3n) is 4.97. The molecule has 0 saturated carbocycles. The lowest BCUT2D eigenvalue weighted by Gasteiger charge is -2.17. The molecule has 0 spiro atoms. The quantitative estimate of drug-likeness (QED) is 0.463. The van der Waals surface area contributed by atoms with Crippen LogP contribution in [-0.2, 0) is 22.0 Å². The van der Waals surface area contributed by atoms with Crippen LogP contribution in [0.15, 0.2) is 78.9 Å². The van der Waals surface area contributed by atoms with E-state index in [0.717, 1.165) is 16.6 Å². The number of amides is 1. The zero-order valence-electron chi connectivity index (χ0n) is 17.1. The molecule has 31 heavy (non-hydrogen) atoms. The normalized spacial score (nSPS) is 12.5. The highest BCUT2D eigenvalue weighted by Gasteiger charge is 2.20. The van der Waals surface area contributed by atoms with E-state index in [-0.39, 0.29) is 17.7 Å². The van der Waals surface area contributed by atoms with Gasteiger partial charge in [0.2, 0.25) is 0 Å². The van der Waals surface area contributed by atoms with Crippen LogP contribution < -0.4 is 5.32 Å². The van der Waals surface area contributed by atoms with Crippen molar-refractivity contribution in [2.45, 2.75) is 18.2 Å². The summed E-state index contributed by atoms with van der Waals surface area (Å²) in [5.74, 6) is 0.393. The second-order valence-electron chi connectivity index (χ2n) is 7.62. The van der Waals surface area contributed by atoms with Crippen LogP contribution in [0.1, 0.15) is 33.4 Å². The molecule has 158 valence electrons. The largest absolute Gasteiger partial charge is 0.342 e. The molecule has 0 aliphatic rings. The maximum Gasteiger partial charge on any atom is 0.251 e. The van der Waals surface area contributed by atoms with Crippen LogP contribution >= 0.6 is 0 Å². The minimum Gasteiger partial charge on any atom is -0.342 e. The number of fused-ring (bicyclic) bond motifs is 1. The van der Waals surface area contributed by atoms with E-state index < -0.39 is 9.84 Å². The third-order valence-corrected chi connectivity index (χ3v) is 5.83. The Balaban J connectivity index is 1.58. The Morgan fingerprint density at radius 2 is 1.61 bits per heavy atom. The number of aromatic amines is 1. The van der Waals surface area contributed by atoms with E-state index in [2.05, 4.69) is 15.3 Å². The van der Waals surface area contributed by atoms with Gasteiger partial charge in [0.25, 0.3) is 5.91 Å². The van der Waals surface area contributed by atoms with Gasteiger partial charge in [-0.1, -0.05) is 54.6 Å². The van der Waals surface area contributed by atoms with Gasteiger partial charge < -0.3 is 10.3 Å². The Hall–Kier alpha value is -3.45. The number of carbonyl (C=O) groups excluding carboxylic acids is 1. The van der Waals surface area contributed by atoms with Gasteiger partial charge in [0.15, 0.2) is 9.84 Å². The van der Waals surface area contributed by atoms with E-state index in [1.807, 2.05) is 54.6 Å². The molecule has 0 fully saturated rings. The molecule has 7 heteroatoms. The molecule has 6 nitrogen and oxygen atoms in total. The summed E-state index contributed by atoms with van der Waals surface area (Å²) in [6, 6.07) is 23.9. The number of hydrogen-bond acceptors (Lipinski definition) is 4. The first-order valence-corrected chi connectivity index (χ1v) is 12.0. The summed E-state index contributed by atoms with van der Waals surface area (Å²) >= 11 is 0. The van der Waals surface area contributed by atoms with Crippen molar-refractivity contribution in [2.75, 3.05) is 6.26 Å². The number of aromatic nitrogens is 2. The molecular weight excluding hydrogens is 410 g/mol. The predicted octanol–water partition coefficient (Wildman–Crippen LogP) is 3.82. The van der Waals surface area contributed by atoms with Crippen LogP contribution in [0, 0.1) is 0 Å². The van der Waals surface area contributed by atoms with Crippen LogP contribution in [-0.4, -0.2) is 30.5 Å². The number of nitrogens with zero attached hydrogens (tertiary/aromatic N) is 1. The molecule has 0 unspecified atom stereocenters. The van der Waals surface area contributed by atoms with Gasteiger partial charge in [-0.15, -0.1) is 0 Å². The lowest BCUT2D eigenvalue weighted by Crippen LogP contribution is -2.30. The molecule has 1 aromatic heterocycles. The van der Waals surface area contributed by atoms with Gasteiger partial charge in [-0.2, -0.15) is 0 Å². The first-order chi connectivity index (χ1) is 14.9. The molecule has 3 aromatic carbocycles. The summed E-state index contributed by atoms with van der Waals surface area (Å²) < 4.78 is 23.0. The summed E-state index contributed by atoms with van der Waals surface area (Å²) in [5, 5.41) is 3.08. The first kappa shape index (κ1) is 20.8. The Bertz CT molecular complexity index is 1260. The van der Waals surface area contributed by atoms with Gasteiger partial charge >= 0.3 is 0 Å². The number of para-hydroxylation sites is 2. The smallest absolute Gasteiger partial charge is 0.251 e. The number of imidazole rings is 1. The van der Waals surface area contributed by atoms with Crippen LogP contribution in [0.2, 0.25) is 0 Å². The van der Waals surface area contributed by atoms with Crippen LogP contribution in [0.3, 0.4) is 0 Å². The fourth-order valence-electron chi connectivity index (χ4n) is 3.50. The third kappa shape index (κ3) is 5.38. The van der Waals surface area contributed by atoms with E-state index in [9.17, 15) is 13.2 Å². The number of carbonyl (C=O) groups is 1. The van der Waals surface area contributed by atoms with E-state index in [4.69, 9.17) is 0 Å². The minimum atomic E-state index is -3.13. The first-order valence-electron chi connectivity index (χ1n) is 9.93. The highest BCUT2D eigenvalue weighted by molar-refractivity contribution is 7.89. The van der Waals surface area contributed by atoms with Crippen molar-refractivity contribution in [1.29, 1.82) is 0 Å². The number of sulfone groups is 1. The van der Waals surface area contributed by atoms with Gasteiger partial charge in [-0.25, -0.2) is 13.4 Å². The second kappa shape index (κ2) is 8.73. The van der Waals surface area contributed by atoms with Gasteiger partial charge in [0.1, 0.15) is 5.82 Å². The average molecular weight is 434 g/mol. The molecule has 4 aromatic rings. The van der Waals surface area contributed by atoms with Gasteiger partial charge in [-0.3, -0.25) is 4.79 Å². The fourth-order valence-corrected chi connectivity index (χ4v) is 4.30. The Kier molecular flexibility index (Phi) is 5.86. The SMILES string of the molecule is CS(=O)(=O)Cc1ccc(C(=O)N[C@@H](Cc2ccccc2)c2nc3ccccc3[nH]2)cc1. The van der Waals surface area contributed by atoms with Gasteiger partial charge in [-0.05, 0) is 41.8 Å². The fraction of sp³-hybridized carbons (Fsp3) is 0.167. The molecule has 0 aliphatic heterocycles. The number of H-pyrrole nitrogens is 1. The number of nitrogens with one attached hydrogen (secondary N) is 2. The monoisotopic (exact) mass is 433 g/mol. The lowest BCUT2D eigenvalue weighted by molar-refractivity contribution is 0.0935. The molecule has 1 amide bonds. The predicted molar refractivity (Wildman–Crippen MR) is 121 cm³/mol. The topological polar surface area (TPSA) is 91.9 Å². The number of hydrogen-bond donors (Lipinski definition) is 2. The molecule has 4 rings (SSSR count). The minimum absolute atomic E-state index is 0.0511. The second-order valence-corrected chi connectivity index (χ2v) is 9.76. The Morgan fingerprint density at radius 1 is 0.935 bits per heavy atom. The molecule has 1 heterocycles. The van der Waals surface area contributed by atoms with Crippen molar-refractivity contribution in [3.8, 4) is 0 Å². The summed E-state index contributed by atoms with van der Waals surface area (Å²) in [6.45, 7) is 0. The van der Waals surface area contributed by atoms with Crippen molar-refractivity contribution in [2.24, 2.45) is 0 Å². The van der Waals surface area contributed by atoms with E-state index in [0.29, 0.717) is 23.4 Å². The number of rotatable bonds is 7. The zero-order chi connectivity index (χ0) is 21.8. The summed E-state index contributed by atoms with van der Waals surface area (Å²) in [4.78, 5) is 20.9. The van der Waals surface area contributed by atoms with E-state index in [1.165, 1.54) is 6.26 Å². The molecular formula is C24H23N3O3S. The molecule has 1 atom stereocenters. The zero-order valence-corrected chi connectivity index (χ0v) is 17.9. The van der Waals surface area contributed by atoms with Crippen molar-refractivity contribution >= 4 is 26.8 Å². The van der Waals surface area contributed by atoms with E-state index in [1.54, 1.807) is 24.3 Å². The molecule has 0 radical (unpaired) electrons. The summed E-state index contributed by atoms with van der Waals surface area (Å²) in [6.07, 6.45) is 1.77. The average Bonchev–Trinajstić information content (AvgIpc) is 3.18. The summed E-state index contributed by atoms with van der Waals surface area (Å²) in [7, 11) is -3.13. The molecule has 2 N–H and O–H groups in total. The lowest BCUT2D eigenvalue weighted by atomic mass is 10.0. The molecule has 0 bridgehead atoms. The van der Waals surface area contributed by atoms with Crippen LogP contribution in [0.5, 0.6) is 0 Å². The van der Waals surface area contributed by atoms with Gasteiger partial charge in [0, 0.05) is 11.8 Å². The molecule has 0 aliphatic carbocycles. The molecule has 0 saturated heterocycles. The van der Waals surface area contributed by atoms with Crippen molar-refractivity contribution in [1.82, 2.24) is 15.3 Å². The summed E-state index contributed by atoms with van der Waals surface area (Å²) in [5.41, 5.74) is 3.95. The standard InChI is InChI=1S/C24H23N3O3S/c1-31(29,30)16-18-11-13-19(14-12-18)24(28)27-22(15-17-7-3-2-4-8-17)23-25-20-9-5-6-10-21(20)26-23/h2-14,22H,15-16H2,1H3,(H,25,26)(H,27,28)/t22-/m0/s1.